The predicted octanol–water partition coefficient (Wildman–Crippen LogP) is 2.83. The maximum absolute atomic E-state index is 5.85. The third-order valence-corrected chi connectivity index (χ3v) is 3.87. The first-order valence-electron chi connectivity index (χ1n) is 7.99. The molecule has 1 fully saturated rings. The molecule has 0 heterocycles. The van der Waals surface area contributed by atoms with Crippen molar-refractivity contribution in [3.63, 3.8) is 0 Å². The van der Waals surface area contributed by atoms with Crippen molar-refractivity contribution < 1.29 is 4.74 Å². The summed E-state index contributed by atoms with van der Waals surface area (Å²) >= 11 is 0. The number of unbranched alkanes of at least 4 members (excludes halogenated alkanes) is 1. The average Bonchev–Trinajstić information content (AvgIpc) is 3.29. The number of hydrogen-bond acceptors (Lipinski definition) is 3. The molecule has 0 spiro atoms. The Kier molecular flexibility index (Phi) is 6.34. The third-order valence-electron chi connectivity index (χ3n) is 3.87. The monoisotopic (exact) mass is 276 g/mol. The van der Waals surface area contributed by atoms with Gasteiger partial charge in [-0.3, -0.25) is 4.90 Å². The van der Waals surface area contributed by atoms with Crippen LogP contribution in [-0.4, -0.2) is 37.2 Å². The zero-order chi connectivity index (χ0) is 14.2. The molecule has 2 N–H and O–H groups in total. The van der Waals surface area contributed by atoms with E-state index in [1.807, 2.05) is 0 Å². The zero-order valence-corrected chi connectivity index (χ0v) is 12.7. The van der Waals surface area contributed by atoms with Crippen LogP contribution in [0.3, 0.4) is 0 Å². The molecule has 112 valence electrons. The molecule has 0 saturated heterocycles. The van der Waals surface area contributed by atoms with Crippen LogP contribution in [0.15, 0.2) is 24.3 Å². The van der Waals surface area contributed by atoms with E-state index in [9.17, 15) is 0 Å². The molecule has 0 amide bonds. The molecule has 20 heavy (non-hydrogen) atoms. The van der Waals surface area contributed by atoms with Crippen LogP contribution in [0.25, 0.3) is 0 Å². The van der Waals surface area contributed by atoms with E-state index in [2.05, 4.69) is 36.1 Å². The minimum atomic E-state index is 0.702. The summed E-state index contributed by atoms with van der Waals surface area (Å²) in [7, 11) is 0. The molecule has 1 aromatic rings. The van der Waals surface area contributed by atoms with Gasteiger partial charge < -0.3 is 10.5 Å². The largest absolute Gasteiger partial charge is 0.492 e. The Labute approximate surface area is 123 Å². The fourth-order valence-corrected chi connectivity index (χ4v) is 2.48. The number of benzene rings is 1. The van der Waals surface area contributed by atoms with Crippen LogP contribution in [-0.2, 0) is 6.42 Å². The van der Waals surface area contributed by atoms with Crippen LogP contribution in [0.4, 0.5) is 0 Å². The van der Waals surface area contributed by atoms with Gasteiger partial charge in [-0.05, 0) is 56.5 Å². The number of ether oxygens (including phenoxy) is 1. The van der Waals surface area contributed by atoms with E-state index < -0.39 is 0 Å². The normalized spacial score (nSPS) is 14.8. The fraction of sp³-hybridized carbons (Fsp3) is 0.647. The van der Waals surface area contributed by atoms with E-state index in [1.165, 1.54) is 37.8 Å². The lowest BCUT2D eigenvalue weighted by atomic mass is 10.1. The molecule has 1 aliphatic rings. The number of rotatable bonds is 10. The molecule has 1 aromatic carbocycles. The molecular weight excluding hydrogens is 248 g/mol. The Bertz CT molecular complexity index is 373. The molecule has 0 aromatic heterocycles. The molecule has 0 atom stereocenters. The van der Waals surface area contributed by atoms with E-state index in [1.54, 1.807) is 0 Å². The van der Waals surface area contributed by atoms with E-state index >= 15 is 0 Å². The van der Waals surface area contributed by atoms with Gasteiger partial charge in [0, 0.05) is 12.6 Å². The van der Waals surface area contributed by atoms with Gasteiger partial charge in [-0.15, -0.1) is 0 Å². The minimum Gasteiger partial charge on any atom is -0.492 e. The second-order valence-corrected chi connectivity index (χ2v) is 5.65. The lowest BCUT2D eigenvalue weighted by Crippen LogP contribution is -2.31. The summed E-state index contributed by atoms with van der Waals surface area (Å²) in [5, 5.41) is 0. The van der Waals surface area contributed by atoms with Crippen molar-refractivity contribution in [1.29, 1.82) is 0 Å². The lowest BCUT2D eigenvalue weighted by molar-refractivity contribution is 0.199. The maximum Gasteiger partial charge on any atom is 0.119 e. The highest BCUT2D eigenvalue weighted by Crippen LogP contribution is 2.26. The second-order valence-electron chi connectivity index (χ2n) is 5.65. The predicted molar refractivity (Wildman–Crippen MR) is 84.2 cm³/mol. The van der Waals surface area contributed by atoms with Gasteiger partial charge in [0.05, 0.1) is 0 Å². The van der Waals surface area contributed by atoms with Gasteiger partial charge >= 0.3 is 0 Å². The summed E-state index contributed by atoms with van der Waals surface area (Å²) in [6.07, 6.45) is 6.25. The Morgan fingerprint density at radius 2 is 1.95 bits per heavy atom. The first-order valence-corrected chi connectivity index (χ1v) is 7.99. The van der Waals surface area contributed by atoms with Crippen LogP contribution in [0.5, 0.6) is 5.75 Å². The molecule has 1 aliphatic carbocycles. The molecule has 3 heteroatoms. The van der Waals surface area contributed by atoms with Gasteiger partial charge in [-0.2, -0.15) is 0 Å². The van der Waals surface area contributed by atoms with E-state index in [0.717, 1.165) is 31.4 Å². The van der Waals surface area contributed by atoms with Gasteiger partial charge in [0.15, 0.2) is 0 Å². The number of nitrogens with two attached hydrogens (primary N) is 1. The van der Waals surface area contributed by atoms with Crippen molar-refractivity contribution in [2.24, 2.45) is 5.73 Å². The molecule has 0 bridgehead atoms. The zero-order valence-electron chi connectivity index (χ0n) is 12.7. The number of hydrogen-bond donors (Lipinski definition) is 1. The Hall–Kier alpha value is -1.06. The highest BCUT2D eigenvalue weighted by molar-refractivity contribution is 5.27. The highest BCUT2D eigenvalue weighted by Gasteiger charge is 2.27. The average molecular weight is 276 g/mol. The standard InChI is InChI=1S/C17H28N2O/c1-2-3-12-19(16-6-7-16)13-14-20-17-8-4-15(5-9-17)10-11-18/h4-5,8-9,16H,2-3,6-7,10-14,18H2,1H3. The summed E-state index contributed by atoms with van der Waals surface area (Å²) < 4.78 is 5.85. The molecule has 2 rings (SSSR count). The molecular formula is C17H28N2O. The van der Waals surface area contributed by atoms with Crippen molar-refractivity contribution in [2.75, 3.05) is 26.2 Å². The molecule has 3 nitrogen and oxygen atoms in total. The Balaban J connectivity index is 1.70. The maximum atomic E-state index is 5.85. The summed E-state index contributed by atoms with van der Waals surface area (Å²) in [6, 6.07) is 9.16. The van der Waals surface area contributed by atoms with Gasteiger partial charge in [-0.1, -0.05) is 25.5 Å². The van der Waals surface area contributed by atoms with Crippen LogP contribution in [0.1, 0.15) is 38.2 Å². The van der Waals surface area contributed by atoms with Crippen molar-refractivity contribution in [3.05, 3.63) is 29.8 Å². The molecule has 0 aliphatic heterocycles. The van der Waals surface area contributed by atoms with Gasteiger partial charge in [-0.25, -0.2) is 0 Å². The summed E-state index contributed by atoms with van der Waals surface area (Å²) in [5.74, 6) is 0.969. The fourth-order valence-electron chi connectivity index (χ4n) is 2.48. The summed E-state index contributed by atoms with van der Waals surface area (Å²) in [4.78, 5) is 2.59. The first-order chi connectivity index (χ1) is 9.83. The van der Waals surface area contributed by atoms with Crippen molar-refractivity contribution in [3.8, 4) is 5.75 Å². The molecule has 0 radical (unpaired) electrons. The van der Waals surface area contributed by atoms with Crippen molar-refractivity contribution >= 4 is 0 Å². The lowest BCUT2D eigenvalue weighted by Gasteiger charge is -2.21. The van der Waals surface area contributed by atoms with Crippen LogP contribution < -0.4 is 10.5 Å². The summed E-state index contributed by atoms with van der Waals surface area (Å²) in [5.41, 5.74) is 6.83. The first kappa shape index (κ1) is 15.3. The topological polar surface area (TPSA) is 38.5 Å². The van der Waals surface area contributed by atoms with Crippen LogP contribution in [0, 0.1) is 0 Å². The molecule has 0 unspecified atom stereocenters. The van der Waals surface area contributed by atoms with Crippen molar-refractivity contribution in [1.82, 2.24) is 4.90 Å². The number of nitrogens with zero attached hydrogens (tertiary/aromatic N) is 1. The van der Waals surface area contributed by atoms with E-state index in [4.69, 9.17) is 10.5 Å². The van der Waals surface area contributed by atoms with Gasteiger partial charge in [0.25, 0.3) is 0 Å². The SMILES string of the molecule is CCCCN(CCOc1ccc(CCN)cc1)C1CC1. The minimum absolute atomic E-state index is 0.702. The van der Waals surface area contributed by atoms with E-state index in [-0.39, 0.29) is 0 Å². The van der Waals surface area contributed by atoms with Crippen LogP contribution >= 0.6 is 0 Å². The van der Waals surface area contributed by atoms with Crippen LogP contribution in [0.2, 0.25) is 0 Å². The third kappa shape index (κ3) is 5.14. The summed E-state index contributed by atoms with van der Waals surface area (Å²) in [6.45, 7) is 6.02. The smallest absolute Gasteiger partial charge is 0.119 e. The van der Waals surface area contributed by atoms with Gasteiger partial charge in [0.2, 0.25) is 0 Å². The quantitative estimate of drug-likeness (QED) is 0.714. The Morgan fingerprint density at radius 3 is 2.55 bits per heavy atom. The second kappa shape index (κ2) is 8.28. The van der Waals surface area contributed by atoms with Gasteiger partial charge in [0.1, 0.15) is 12.4 Å². The Morgan fingerprint density at radius 1 is 1.20 bits per heavy atom. The van der Waals surface area contributed by atoms with Crippen molar-refractivity contribution in [2.45, 2.75) is 45.1 Å². The highest BCUT2D eigenvalue weighted by atomic mass is 16.5. The molecule has 1 saturated carbocycles. The van der Waals surface area contributed by atoms with E-state index in [0.29, 0.717) is 6.54 Å².